The monoisotopic (exact) mass is 458 g/mol. The SMILES string of the molecule is CCCC1CCC(C2CCC(C(=O)Oc3cc(F)c(C=CC(F)(F)F)c(F)c3)CC2)CC1. The van der Waals surface area contributed by atoms with E-state index in [4.69, 9.17) is 4.74 Å². The van der Waals surface area contributed by atoms with Gasteiger partial charge in [-0.05, 0) is 62.4 Å². The lowest BCUT2D eigenvalue weighted by Crippen LogP contribution is -2.30. The molecule has 0 N–H and O–H groups in total. The zero-order chi connectivity index (χ0) is 23.3. The minimum atomic E-state index is -4.68. The highest BCUT2D eigenvalue weighted by Crippen LogP contribution is 2.42. The highest BCUT2D eigenvalue weighted by molar-refractivity contribution is 5.75. The zero-order valence-electron chi connectivity index (χ0n) is 18.4. The van der Waals surface area contributed by atoms with Crippen LogP contribution in [0.3, 0.4) is 0 Å². The maximum absolute atomic E-state index is 14.1. The summed E-state index contributed by atoms with van der Waals surface area (Å²) in [5.41, 5.74) is -0.823. The summed E-state index contributed by atoms with van der Waals surface area (Å²) in [7, 11) is 0. The van der Waals surface area contributed by atoms with Crippen LogP contribution >= 0.6 is 0 Å². The van der Waals surface area contributed by atoms with Crippen LogP contribution in [-0.2, 0) is 4.79 Å². The van der Waals surface area contributed by atoms with E-state index in [9.17, 15) is 26.7 Å². The number of ether oxygens (including phenoxy) is 1. The fourth-order valence-corrected chi connectivity index (χ4v) is 5.34. The molecule has 0 unspecified atom stereocenters. The van der Waals surface area contributed by atoms with E-state index in [1.807, 2.05) is 0 Å². The highest BCUT2D eigenvalue weighted by atomic mass is 19.4. The van der Waals surface area contributed by atoms with Crippen LogP contribution in [0, 0.1) is 35.3 Å². The molecule has 7 heteroatoms. The second kappa shape index (κ2) is 10.8. The Kier molecular flexibility index (Phi) is 8.34. The number of halogens is 5. The number of benzene rings is 1. The molecule has 2 aliphatic carbocycles. The van der Waals surface area contributed by atoms with Gasteiger partial charge in [-0.1, -0.05) is 32.6 Å². The summed E-state index contributed by atoms with van der Waals surface area (Å²) >= 11 is 0. The van der Waals surface area contributed by atoms with Crippen molar-refractivity contribution in [2.45, 2.75) is 77.3 Å². The van der Waals surface area contributed by atoms with Crippen LogP contribution in [0.4, 0.5) is 22.0 Å². The largest absolute Gasteiger partial charge is 0.426 e. The summed E-state index contributed by atoms with van der Waals surface area (Å²) in [6.45, 7) is 2.23. The molecular weight excluding hydrogens is 427 g/mol. The Balaban J connectivity index is 1.51. The fourth-order valence-electron chi connectivity index (χ4n) is 5.34. The third kappa shape index (κ3) is 6.79. The second-order valence-corrected chi connectivity index (χ2v) is 9.28. The number of carbonyl (C=O) groups excluding carboxylic acids is 1. The van der Waals surface area contributed by atoms with E-state index >= 15 is 0 Å². The molecule has 2 saturated carbocycles. The van der Waals surface area contributed by atoms with Crippen molar-refractivity contribution in [1.29, 1.82) is 0 Å². The molecule has 178 valence electrons. The van der Waals surface area contributed by atoms with E-state index in [2.05, 4.69) is 6.92 Å². The molecule has 0 aliphatic heterocycles. The number of allylic oxidation sites excluding steroid dienone is 1. The standard InChI is InChI=1S/C25H31F5O2/c1-2-3-16-4-6-17(7-5-16)18-8-10-19(11-9-18)24(31)32-20-14-22(26)21(23(27)15-20)12-13-25(28,29)30/h12-19H,2-11H2,1H3. The number of hydrogen-bond acceptors (Lipinski definition) is 2. The molecule has 2 aliphatic rings. The van der Waals surface area contributed by atoms with E-state index < -0.39 is 29.3 Å². The van der Waals surface area contributed by atoms with E-state index in [0.29, 0.717) is 24.8 Å². The van der Waals surface area contributed by atoms with Crippen molar-refractivity contribution in [3.63, 3.8) is 0 Å². The number of alkyl halides is 3. The molecule has 0 aromatic heterocycles. The maximum Gasteiger partial charge on any atom is 0.409 e. The van der Waals surface area contributed by atoms with Crippen molar-refractivity contribution >= 4 is 12.0 Å². The summed E-state index contributed by atoms with van der Waals surface area (Å²) in [6.07, 6.45) is 6.36. The van der Waals surface area contributed by atoms with Crippen LogP contribution in [0.15, 0.2) is 18.2 Å². The van der Waals surface area contributed by atoms with Crippen LogP contribution in [0.5, 0.6) is 5.75 Å². The van der Waals surface area contributed by atoms with E-state index in [1.54, 1.807) is 0 Å². The van der Waals surface area contributed by atoms with Crippen molar-refractivity contribution < 1.29 is 31.5 Å². The third-order valence-corrected chi connectivity index (χ3v) is 7.07. The molecule has 32 heavy (non-hydrogen) atoms. The summed E-state index contributed by atoms with van der Waals surface area (Å²) in [5, 5.41) is 0. The van der Waals surface area contributed by atoms with Crippen LogP contribution in [0.1, 0.15) is 76.7 Å². The third-order valence-electron chi connectivity index (χ3n) is 7.07. The lowest BCUT2D eigenvalue weighted by molar-refractivity contribution is -0.140. The Morgan fingerprint density at radius 2 is 1.50 bits per heavy atom. The first-order valence-electron chi connectivity index (χ1n) is 11.6. The van der Waals surface area contributed by atoms with Crippen LogP contribution in [0.25, 0.3) is 6.08 Å². The first-order chi connectivity index (χ1) is 15.2. The first kappa shape index (κ1) is 24.7. The van der Waals surface area contributed by atoms with Crippen molar-refractivity contribution in [3.05, 3.63) is 35.4 Å². The summed E-state index contributed by atoms with van der Waals surface area (Å²) in [6, 6.07) is 1.49. The number of carbonyl (C=O) groups is 1. The van der Waals surface area contributed by atoms with Gasteiger partial charge in [0.1, 0.15) is 17.4 Å². The molecule has 1 aromatic carbocycles. The minimum absolute atomic E-state index is 0.241. The number of esters is 1. The molecule has 0 radical (unpaired) electrons. The van der Waals surface area contributed by atoms with Crippen molar-refractivity contribution in [2.75, 3.05) is 0 Å². The molecular formula is C25H31F5O2. The molecule has 0 heterocycles. The summed E-state index contributed by atoms with van der Waals surface area (Å²) < 4.78 is 70.1. The molecule has 0 amide bonds. The molecule has 1 aromatic rings. The molecule has 2 nitrogen and oxygen atoms in total. The maximum atomic E-state index is 14.1. The van der Waals surface area contributed by atoms with Crippen molar-refractivity contribution in [2.24, 2.45) is 23.7 Å². The number of hydrogen-bond donors (Lipinski definition) is 0. The average molecular weight is 459 g/mol. The predicted octanol–water partition coefficient (Wildman–Crippen LogP) is 7.86. The zero-order valence-corrected chi connectivity index (χ0v) is 18.4. The Morgan fingerprint density at radius 1 is 0.969 bits per heavy atom. The van der Waals surface area contributed by atoms with Crippen LogP contribution in [-0.4, -0.2) is 12.1 Å². The Hall–Kier alpha value is -1.92. The van der Waals surface area contributed by atoms with E-state index in [-0.39, 0.29) is 17.7 Å². The Bertz CT molecular complexity index is 778. The summed E-state index contributed by atoms with van der Waals surface area (Å²) in [4.78, 5) is 12.5. The molecule has 0 saturated heterocycles. The topological polar surface area (TPSA) is 26.3 Å². The Morgan fingerprint density at radius 3 is 2.00 bits per heavy atom. The van der Waals surface area contributed by atoms with E-state index in [1.165, 1.54) is 38.5 Å². The van der Waals surface area contributed by atoms with Gasteiger partial charge in [0.15, 0.2) is 0 Å². The van der Waals surface area contributed by atoms with Gasteiger partial charge in [0, 0.05) is 23.8 Å². The molecule has 0 bridgehead atoms. The molecule has 0 atom stereocenters. The van der Waals surface area contributed by atoms with Gasteiger partial charge in [0.25, 0.3) is 0 Å². The lowest BCUT2D eigenvalue weighted by atomic mass is 9.69. The lowest BCUT2D eigenvalue weighted by Gasteiger charge is -2.37. The van der Waals surface area contributed by atoms with Crippen LogP contribution in [0.2, 0.25) is 0 Å². The van der Waals surface area contributed by atoms with Gasteiger partial charge in [-0.3, -0.25) is 4.79 Å². The summed E-state index contributed by atoms with van der Waals surface area (Å²) in [5.74, 6) is -1.40. The van der Waals surface area contributed by atoms with Gasteiger partial charge in [-0.15, -0.1) is 0 Å². The molecule has 0 spiro atoms. The van der Waals surface area contributed by atoms with Gasteiger partial charge in [-0.25, -0.2) is 8.78 Å². The van der Waals surface area contributed by atoms with Crippen molar-refractivity contribution in [3.8, 4) is 5.75 Å². The number of rotatable bonds is 6. The van der Waals surface area contributed by atoms with Gasteiger partial charge >= 0.3 is 12.1 Å². The first-order valence-corrected chi connectivity index (χ1v) is 11.6. The van der Waals surface area contributed by atoms with E-state index in [0.717, 1.165) is 36.8 Å². The average Bonchev–Trinajstić information content (AvgIpc) is 2.73. The second-order valence-electron chi connectivity index (χ2n) is 9.28. The molecule has 2 fully saturated rings. The smallest absolute Gasteiger partial charge is 0.409 e. The van der Waals surface area contributed by atoms with Gasteiger partial charge < -0.3 is 4.74 Å². The minimum Gasteiger partial charge on any atom is -0.426 e. The highest BCUT2D eigenvalue weighted by Gasteiger charge is 2.33. The van der Waals surface area contributed by atoms with Crippen LogP contribution < -0.4 is 4.74 Å². The quantitative estimate of drug-likeness (QED) is 0.246. The fraction of sp³-hybridized carbons (Fsp3) is 0.640. The van der Waals surface area contributed by atoms with Crippen molar-refractivity contribution in [1.82, 2.24) is 0 Å². The van der Waals surface area contributed by atoms with Gasteiger partial charge in [0.2, 0.25) is 0 Å². The predicted molar refractivity (Wildman–Crippen MR) is 113 cm³/mol. The van der Waals surface area contributed by atoms with Gasteiger partial charge in [-0.2, -0.15) is 13.2 Å². The Labute approximate surface area is 186 Å². The molecule has 3 rings (SSSR count). The normalized spacial score (nSPS) is 26.9. The van der Waals surface area contributed by atoms with Gasteiger partial charge in [0.05, 0.1) is 5.92 Å².